The van der Waals surface area contributed by atoms with Crippen molar-refractivity contribution in [1.82, 2.24) is 0 Å². The molecule has 9 nitrogen and oxygen atoms in total. The van der Waals surface area contributed by atoms with E-state index in [-0.39, 0.29) is 23.0 Å². The summed E-state index contributed by atoms with van der Waals surface area (Å²) >= 11 is 0. The van der Waals surface area contributed by atoms with Crippen molar-refractivity contribution in [2.75, 3.05) is 13.2 Å². The zero-order chi connectivity index (χ0) is 28.5. The van der Waals surface area contributed by atoms with Gasteiger partial charge in [0.25, 0.3) is 20.2 Å². The lowest BCUT2D eigenvalue weighted by Crippen LogP contribution is -2.66. The van der Waals surface area contributed by atoms with E-state index < -0.39 is 50.4 Å². The summed E-state index contributed by atoms with van der Waals surface area (Å²) in [5, 5.41) is 0. The Morgan fingerprint density at radius 1 is 0.825 bits per heavy atom. The van der Waals surface area contributed by atoms with Crippen molar-refractivity contribution in [3.63, 3.8) is 0 Å². The van der Waals surface area contributed by atoms with Crippen LogP contribution in [-0.2, 0) is 42.8 Å². The first-order valence-corrected chi connectivity index (χ1v) is 15.4. The second-order valence-electron chi connectivity index (χ2n) is 9.81. The molecule has 0 aromatic heterocycles. The average molecular weight is 587 g/mol. The van der Waals surface area contributed by atoms with Gasteiger partial charge in [0.15, 0.2) is 6.29 Å². The van der Waals surface area contributed by atoms with E-state index in [0.29, 0.717) is 5.56 Å². The highest BCUT2D eigenvalue weighted by molar-refractivity contribution is 7.87. The van der Waals surface area contributed by atoms with Gasteiger partial charge in [-0.3, -0.25) is 8.37 Å². The summed E-state index contributed by atoms with van der Waals surface area (Å²) in [4.78, 5) is -0.186. The number of rotatable bonds is 8. The van der Waals surface area contributed by atoms with Crippen molar-refractivity contribution < 1.29 is 39.4 Å². The Balaban J connectivity index is 1.53. The van der Waals surface area contributed by atoms with E-state index in [0.717, 1.165) is 11.1 Å². The van der Waals surface area contributed by atoms with Crippen LogP contribution in [0.1, 0.15) is 23.0 Å². The summed E-state index contributed by atoms with van der Waals surface area (Å²) in [5.74, 6) is 0. The Morgan fingerprint density at radius 2 is 1.38 bits per heavy atom. The van der Waals surface area contributed by atoms with Gasteiger partial charge in [-0.05, 0) is 38.1 Å². The molecule has 0 bridgehead atoms. The summed E-state index contributed by atoms with van der Waals surface area (Å²) in [5.41, 5.74) is 1.07. The molecule has 0 aliphatic carbocycles. The van der Waals surface area contributed by atoms with E-state index in [4.69, 9.17) is 22.6 Å². The molecular formula is C29H30O9S2. The van der Waals surface area contributed by atoms with E-state index in [1.54, 1.807) is 36.4 Å². The van der Waals surface area contributed by atoms with Gasteiger partial charge in [-0.2, -0.15) is 16.8 Å². The molecule has 0 unspecified atom stereocenters. The zero-order valence-electron chi connectivity index (χ0n) is 22.0. The minimum atomic E-state index is -4.39. The fourth-order valence-electron chi connectivity index (χ4n) is 4.63. The van der Waals surface area contributed by atoms with Gasteiger partial charge in [0.05, 0.1) is 23.0 Å². The number of aryl methyl sites for hydroxylation is 2. The zero-order valence-corrected chi connectivity index (χ0v) is 23.6. The van der Waals surface area contributed by atoms with Crippen LogP contribution in [0.15, 0.2) is 101 Å². The maximum Gasteiger partial charge on any atom is 0.297 e. The van der Waals surface area contributed by atoms with Crippen LogP contribution in [0.3, 0.4) is 0 Å². The van der Waals surface area contributed by atoms with Crippen molar-refractivity contribution in [3.05, 3.63) is 108 Å². The standard InChI is InChI=1S/C29H30O9S2/c1-4-29-19-34-28(22-8-6-5-7-9-22)36-27(29)26(38-40(32,33)24-16-12-21(3)13-17-24)25(18-35-29)37-39(30,31)23-14-10-20(2)11-15-23/h4-17,25-28H,1,18-19H2,2-3H3/t25-,26+,27-,28+,29+/m0/s1. The third-order valence-corrected chi connectivity index (χ3v) is 9.59. The van der Waals surface area contributed by atoms with E-state index in [2.05, 4.69) is 6.58 Å². The van der Waals surface area contributed by atoms with Gasteiger partial charge in [-0.25, -0.2) is 0 Å². The lowest BCUT2D eigenvalue weighted by molar-refractivity contribution is -0.332. The van der Waals surface area contributed by atoms with Gasteiger partial charge in [0.1, 0.15) is 23.9 Å². The molecule has 3 aromatic carbocycles. The molecule has 2 saturated heterocycles. The summed E-state index contributed by atoms with van der Waals surface area (Å²) < 4.78 is 83.1. The number of fused-ring (bicyclic) bond motifs is 1. The molecule has 0 saturated carbocycles. The van der Waals surface area contributed by atoms with Gasteiger partial charge in [0, 0.05) is 5.56 Å². The lowest BCUT2D eigenvalue weighted by Gasteiger charge is -2.51. The Bertz CT molecular complexity index is 1550. The Hall–Kier alpha value is -2.90. The normalized spacial score (nSPS) is 27.1. The van der Waals surface area contributed by atoms with Crippen LogP contribution in [0.5, 0.6) is 0 Å². The number of hydrogen-bond acceptors (Lipinski definition) is 9. The molecule has 2 fully saturated rings. The molecule has 11 heteroatoms. The third kappa shape index (κ3) is 5.77. The number of benzene rings is 3. The first-order chi connectivity index (χ1) is 19.0. The second-order valence-corrected chi connectivity index (χ2v) is 13.0. The molecule has 2 aliphatic heterocycles. The monoisotopic (exact) mass is 586 g/mol. The van der Waals surface area contributed by atoms with Crippen molar-refractivity contribution >= 4 is 20.2 Å². The van der Waals surface area contributed by atoms with Crippen LogP contribution < -0.4 is 0 Å². The first kappa shape index (κ1) is 28.6. The largest absolute Gasteiger partial charge is 0.363 e. The summed E-state index contributed by atoms with van der Waals surface area (Å²) in [7, 11) is -8.72. The van der Waals surface area contributed by atoms with Crippen LogP contribution in [-0.4, -0.2) is 54.0 Å². The van der Waals surface area contributed by atoms with E-state index in [1.165, 1.54) is 30.3 Å². The van der Waals surface area contributed by atoms with E-state index in [9.17, 15) is 16.8 Å². The van der Waals surface area contributed by atoms with Gasteiger partial charge in [0.2, 0.25) is 0 Å². The molecule has 2 heterocycles. The third-order valence-electron chi connectivity index (χ3n) is 6.92. The van der Waals surface area contributed by atoms with Gasteiger partial charge in [-0.15, -0.1) is 6.58 Å². The molecule has 0 N–H and O–H groups in total. The van der Waals surface area contributed by atoms with Crippen LogP contribution in [0.4, 0.5) is 0 Å². The molecule has 0 amide bonds. The fourth-order valence-corrected chi connectivity index (χ4v) is 6.79. The number of ether oxygens (including phenoxy) is 3. The second kappa shape index (κ2) is 11.2. The molecular weight excluding hydrogens is 556 g/mol. The van der Waals surface area contributed by atoms with Gasteiger partial charge in [-0.1, -0.05) is 71.8 Å². The summed E-state index contributed by atoms with van der Waals surface area (Å²) in [6.07, 6.45) is -3.41. The smallest absolute Gasteiger partial charge is 0.297 e. The Kier molecular flexibility index (Phi) is 7.99. The average Bonchev–Trinajstić information content (AvgIpc) is 2.95. The minimum absolute atomic E-state index is 0.0391. The molecule has 2 aliphatic rings. The molecule has 0 spiro atoms. The predicted octanol–water partition coefficient (Wildman–Crippen LogP) is 4.22. The van der Waals surface area contributed by atoms with Crippen molar-refractivity contribution in [1.29, 1.82) is 0 Å². The van der Waals surface area contributed by atoms with Crippen LogP contribution in [0.25, 0.3) is 0 Å². The molecule has 212 valence electrons. The maximum atomic E-state index is 13.5. The highest BCUT2D eigenvalue weighted by Crippen LogP contribution is 2.42. The maximum absolute atomic E-state index is 13.5. The van der Waals surface area contributed by atoms with Crippen molar-refractivity contribution in [3.8, 4) is 0 Å². The van der Waals surface area contributed by atoms with E-state index in [1.807, 2.05) is 32.0 Å². The van der Waals surface area contributed by atoms with Crippen LogP contribution >= 0.6 is 0 Å². The minimum Gasteiger partial charge on any atom is -0.363 e. The summed E-state index contributed by atoms with van der Waals surface area (Å²) in [6.45, 7) is 7.15. The summed E-state index contributed by atoms with van der Waals surface area (Å²) in [6, 6.07) is 21.3. The fraction of sp³-hybridized carbons (Fsp3) is 0.310. The van der Waals surface area contributed by atoms with Gasteiger partial charge < -0.3 is 14.2 Å². The van der Waals surface area contributed by atoms with Crippen molar-refractivity contribution in [2.45, 2.75) is 53.8 Å². The van der Waals surface area contributed by atoms with E-state index >= 15 is 0 Å². The quantitative estimate of drug-likeness (QED) is 0.283. The molecule has 3 aromatic rings. The predicted molar refractivity (Wildman–Crippen MR) is 145 cm³/mol. The topological polar surface area (TPSA) is 114 Å². The highest BCUT2D eigenvalue weighted by atomic mass is 32.2. The molecule has 0 radical (unpaired) electrons. The Labute approximate surface area is 234 Å². The molecule has 5 atom stereocenters. The van der Waals surface area contributed by atoms with Crippen molar-refractivity contribution in [2.24, 2.45) is 0 Å². The highest BCUT2D eigenvalue weighted by Gasteiger charge is 2.57. The SMILES string of the molecule is C=C[C@@]12CO[C@@H](c3ccccc3)O[C@H]1[C@H](OS(=O)(=O)c1ccc(C)cc1)[C@@H](OS(=O)(=O)c1ccc(C)cc1)CO2. The van der Waals surface area contributed by atoms with Crippen LogP contribution in [0.2, 0.25) is 0 Å². The molecule has 40 heavy (non-hydrogen) atoms. The van der Waals surface area contributed by atoms with Crippen LogP contribution in [0, 0.1) is 13.8 Å². The molecule has 5 rings (SSSR count). The lowest BCUT2D eigenvalue weighted by atomic mass is 9.86. The Morgan fingerprint density at radius 3 is 1.93 bits per heavy atom. The first-order valence-electron chi connectivity index (χ1n) is 12.6. The van der Waals surface area contributed by atoms with Gasteiger partial charge >= 0.3 is 0 Å². The number of hydrogen-bond donors (Lipinski definition) is 0.